The normalized spacial score (nSPS) is 11.1. The minimum Gasteiger partial charge on any atom is -1.00 e. The maximum absolute atomic E-state index is 5.08. The van der Waals surface area contributed by atoms with Gasteiger partial charge in [-0.15, -0.1) is 0 Å². The van der Waals surface area contributed by atoms with Crippen LogP contribution in [0.2, 0.25) is 0 Å². The van der Waals surface area contributed by atoms with Crippen LogP contribution in [-0.4, -0.2) is 30.0 Å². The predicted molar refractivity (Wildman–Crippen MR) is 281 cm³/mol. The largest absolute Gasteiger partial charge is 1.00 e. The smallest absolute Gasteiger partial charge is 1.00 e. The molecule has 11 heteroatoms. The molecule has 0 aliphatic carbocycles. The molecule has 0 saturated carbocycles. The second-order valence-corrected chi connectivity index (χ2v) is 18.7. The first kappa shape index (κ1) is 48.2. The summed E-state index contributed by atoms with van der Waals surface area (Å²) >= 11 is 6.95. The molecule has 0 amide bonds. The van der Waals surface area contributed by atoms with Crippen LogP contribution in [-0.2, 0) is 13.1 Å². The van der Waals surface area contributed by atoms with Gasteiger partial charge in [0.15, 0.2) is 0 Å². The maximum Gasteiger partial charge on any atom is 1.00 e. The molecule has 0 N–H and O–H groups in total. The molecule has 0 aliphatic rings. The van der Waals surface area contributed by atoms with Gasteiger partial charge >= 0.3 is 51.4 Å². The van der Waals surface area contributed by atoms with Crippen molar-refractivity contribution in [1.82, 2.24) is 30.0 Å². The van der Waals surface area contributed by atoms with E-state index in [2.05, 4.69) is 262 Å². The molecule has 8 aromatic carbocycles. The van der Waals surface area contributed by atoms with Crippen molar-refractivity contribution in [3.05, 3.63) is 203 Å². The van der Waals surface area contributed by atoms with E-state index in [0.717, 1.165) is 100 Å². The zero-order valence-corrected chi connectivity index (χ0v) is 44.7. The minimum absolute atomic E-state index is 0. The Bertz CT molecular complexity index is 2890. The van der Waals surface area contributed by atoms with Crippen molar-refractivity contribution in [1.29, 1.82) is 0 Å². The van der Waals surface area contributed by atoms with Crippen molar-refractivity contribution in [2.24, 2.45) is 11.8 Å². The maximum atomic E-state index is 5.08. The Morgan fingerprint density at radius 2 is 0.642 bits per heavy atom. The molecule has 67 heavy (non-hydrogen) atoms. The van der Waals surface area contributed by atoms with Gasteiger partial charge in [-0.25, -0.2) is 0 Å². The number of hydrogen-bond donors (Lipinski definition) is 0. The van der Waals surface area contributed by atoms with Crippen LogP contribution in [0.15, 0.2) is 203 Å². The summed E-state index contributed by atoms with van der Waals surface area (Å²) in [7, 11) is 0. The summed E-state index contributed by atoms with van der Waals surface area (Å²) in [6, 6.07) is 67.9. The van der Waals surface area contributed by atoms with Crippen LogP contribution in [0, 0.1) is 11.8 Å². The summed E-state index contributed by atoms with van der Waals surface area (Å²) in [5, 5.41) is 19.0. The third kappa shape index (κ3) is 11.2. The average molecular weight is 1030 g/mol. The predicted octanol–water partition coefficient (Wildman–Crippen LogP) is 13.1. The Labute approximate surface area is 453 Å². The van der Waals surface area contributed by atoms with Crippen molar-refractivity contribution < 1.29 is 52.8 Å². The molecule has 0 fully saturated rings. The van der Waals surface area contributed by atoms with Gasteiger partial charge in [0.1, 0.15) is 22.1 Å². The standard InChI is InChI=1S/C46H39N5.C10H11Br2N3.K.H/c1-34(2)33-49-47-45-43(35-23-27-41(28-24-35)50(37-15-7-3-8-16-37)38-17-9-4-10-18-38)31-32-44(46(45)48-49)36-25-29-42(30-26-36)51(39-19-11-5-12-20-39)40-21-13-6-14-22-40;1-6(2)5-15-13-9-7(11)3-4-8(12)10(9)14-15;;/h3-32,34H,33H2,1-2H3;3-4,6H,5H2,1-2H3;;/q;;+1;-1. The summed E-state index contributed by atoms with van der Waals surface area (Å²) < 4.78 is 1.96. The molecule has 0 bridgehead atoms. The summed E-state index contributed by atoms with van der Waals surface area (Å²) in [6.07, 6.45) is 0. The third-order valence-corrected chi connectivity index (χ3v) is 12.3. The second-order valence-electron chi connectivity index (χ2n) is 17.0. The molecule has 0 spiro atoms. The first-order chi connectivity index (χ1) is 32.2. The second kappa shape index (κ2) is 22.2. The van der Waals surface area contributed by atoms with Crippen LogP contribution < -0.4 is 61.2 Å². The quantitative estimate of drug-likeness (QED) is 0.114. The van der Waals surface area contributed by atoms with Gasteiger partial charge in [-0.1, -0.05) is 137 Å². The number of hydrogen-bond acceptors (Lipinski definition) is 6. The van der Waals surface area contributed by atoms with Gasteiger partial charge < -0.3 is 11.2 Å². The van der Waals surface area contributed by atoms with Crippen LogP contribution in [0.1, 0.15) is 29.1 Å². The molecule has 2 aromatic heterocycles. The third-order valence-electron chi connectivity index (χ3n) is 11.1. The molecule has 0 unspecified atom stereocenters. The van der Waals surface area contributed by atoms with E-state index in [4.69, 9.17) is 10.2 Å². The van der Waals surface area contributed by atoms with Crippen LogP contribution >= 0.6 is 31.9 Å². The summed E-state index contributed by atoms with van der Waals surface area (Å²) in [4.78, 5) is 8.18. The summed E-state index contributed by atoms with van der Waals surface area (Å²) in [6.45, 7) is 10.3. The number of rotatable bonds is 12. The molecule has 0 radical (unpaired) electrons. The van der Waals surface area contributed by atoms with Gasteiger partial charge in [0.2, 0.25) is 0 Å². The molecule has 8 nitrogen and oxygen atoms in total. The van der Waals surface area contributed by atoms with Crippen LogP contribution in [0.4, 0.5) is 34.1 Å². The van der Waals surface area contributed by atoms with Gasteiger partial charge in [-0.2, -0.15) is 30.0 Å². The van der Waals surface area contributed by atoms with E-state index in [1.807, 2.05) is 16.9 Å². The van der Waals surface area contributed by atoms with Gasteiger partial charge in [0, 0.05) is 54.2 Å². The Hall–Kier alpha value is -5.24. The molecule has 2 heterocycles. The summed E-state index contributed by atoms with van der Waals surface area (Å²) in [5.41, 5.74) is 14.6. The molecule has 0 atom stereocenters. The molecule has 0 aliphatic heterocycles. The number of para-hydroxylation sites is 4. The van der Waals surface area contributed by atoms with E-state index in [1.54, 1.807) is 4.80 Å². The Morgan fingerprint density at radius 3 is 0.925 bits per heavy atom. The average Bonchev–Trinajstić information content (AvgIpc) is 3.97. The fourth-order valence-corrected chi connectivity index (χ4v) is 8.87. The number of nitrogens with zero attached hydrogens (tertiary/aromatic N) is 8. The zero-order chi connectivity index (χ0) is 45.6. The topological polar surface area (TPSA) is 67.9 Å². The molecular weight excluding hydrogens is 984 g/mol. The van der Waals surface area contributed by atoms with Crippen molar-refractivity contribution in [2.75, 3.05) is 9.80 Å². The fourth-order valence-electron chi connectivity index (χ4n) is 8.07. The Kier molecular flexibility index (Phi) is 16.0. The van der Waals surface area contributed by atoms with E-state index in [0.29, 0.717) is 11.8 Å². The van der Waals surface area contributed by atoms with E-state index in [9.17, 15) is 0 Å². The summed E-state index contributed by atoms with van der Waals surface area (Å²) in [5.74, 6) is 0.963. The van der Waals surface area contributed by atoms with Crippen molar-refractivity contribution in [2.45, 2.75) is 40.8 Å². The Morgan fingerprint density at radius 1 is 0.373 bits per heavy atom. The first-order valence-electron chi connectivity index (χ1n) is 22.3. The van der Waals surface area contributed by atoms with Crippen molar-refractivity contribution >= 4 is 88.1 Å². The van der Waals surface area contributed by atoms with Gasteiger partial charge in [-0.05, 0) is 140 Å². The van der Waals surface area contributed by atoms with Crippen LogP contribution in [0.3, 0.4) is 0 Å². The number of anilines is 6. The van der Waals surface area contributed by atoms with Crippen LogP contribution in [0.25, 0.3) is 44.3 Å². The van der Waals surface area contributed by atoms with E-state index in [-0.39, 0.29) is 52.8 Å². The van der Waals surface area contributed by atoms with Gasteiger partial charge in [0.05, 0.1) is 13.1 Å². The SMILES string of the molecule is CC(C)Cn1nc2c(-c3ccc(N(c4ccccc4)c4ccccc4)cc3)ccc(-c3ccc(N(c4ccccc4)c4ccccc4)cc3)c2n1.CC(C)Cn1nc2c(Br)ccc(Br)c2n1.[H-].[K+]. The van der Waals surface area contributed by atoms with Crippen molar-refractivity contribution in [3.63, 3.8) is 0 Å². The number of aromatic nitrogens is 6. The Balaban J connectivity index is 0.000000344. The van der Waals surface area contributed by atoms with E-state index in [1.165, 1.54) is 0 Å². The zero-order valence-electron chi connectivity index (χ0n) is 39.4. The molecule has 10 aromatic rings. The van der Waals surface area contributed by atoms with Crippen LogP contribution in [0.5, 0.6) is 0 Å². The van der Waals surface area contributed by atoms with Gasteiger partial charge in [0.25, 0.3) is 0 Å². The monoisotopic (exact) mass is 1030 g/mol. The molecule has 10 rings (SSSR count). The number of fused-ring (bicyclic) bond motifs is 2. The minimum atomic E-state index is 0. The fraction of sp³-hybridized carbons (Fsp3) is 0.143. The van der Waals surface area contributed by atoms with Crippen molar-refractivity contribution in [3.8, 4) is 22.3 Å². The van der Waals surface area contributed by atoms with E-state index < -0.39 is 0 Å². The number of halogens is 2. The molecule has 330 valence electrons. The van der Waals surface area contributed by atoms with E-state index >= 15 is 0 Å². The molecular formula is C56H51Br2KN8. The van der Waals surface area contributed by atoms with Gasteiger partial charge in [-0.3, -0.25) is 0 Å². The molecule has 0 saturated heterocycles. The first-order valence-corrected chi connectivity index (χ1v) is 23.9. The number of benzene rings is 8.